The van der Waals surface area contributed by atoms with Gasteiger partial charge in [-0.3, -0.25) is 4.79 Å². The van der Waals surface area contributed by atoms with E-state index in [9.17, 15) is 13.2 Å². The Morgan fingerprint density at radius 3 is 2.81 bits per heavy atom. The molecular weight excluding hydrogens is 288 g/mol. The van der Waals surface area contributed by atoms with Crippen molar-refractivity contribution in [1.29, 1.82) is 0 Å². The second-order valence-electron chi connectivity index (χ2n) is 5.37. The summed E-state index contributed by atoms with van der Waals surface area (Å²) in [5.74, 6) is -0.0873. The Kier molecular flexibility index (Phi) is 5.00. The summed E-state index contributed by atoms with van der Waals surface area (Å²) in [7, 11) is -3.53. The number of amides is 1. The van der Waals surface area contributed by atoms with E-state index in [1.165, 1.54) is 12.1 Å². The highest BCUT2D eigenvalue weighted by Gasteiger charge is 2.25. The van der Waals surface area contributed by atoms with Gasteiger partial charge in [0.25, 0.3) is 5.91 Å². The Labute approximate surface area is 126 Å². The van der Waals surface area contributed by atoms with Crippen LogP contribution in [0.15, 0.2) is 29.2 Å². The number of piperidine rings is 1. The maximum Gasteiger partial charge on any atom is 0.254 e. The summed E-state index contributed by atoms with van der Waals surface area (Å²) >= 11 is 0. The van der Waals surface area contributed by atoms with Gasteiger partial charge in [0.15, 0.2) is 0 Å². The largest absolute Gasteiger partial charge is 0.336 e. The molecule has 1 N–H and O–H groups in total. The second kappa shape index (κ2) is 6.58. The first-order chi connectivity index (χ1) is 9.95. The number of likely N-dealkylation sites (tertiary alicyclic amines) is 1. The summed E-state index contributed by atoms with van der Waals surface area (Å²) in [6.07, 6.45) is 3.15. The van der Waals surface area contributed by atoms with E-state index in [0.717, 1.165) is 25.8 Å². The van der Waals surface area contributed by atoms with Crippen LogP contribution in [0.5, 0.6) is 0 Å². The number of nitrogens with zero attached hydrogens (tertiary/aromatic N) is 1. The van der Waals surface area contributed by atoms with Gasteiger partial charge in [-0.15, -0.1) is 0 Å². The summed E-state index contributed by atoms with van der Waals surface area (Å²) in [6, 6.07) is 6.47. The molecule has 1 amide bonds. The zero-order chi connectivity index (χ0) is 15.5. The van der Waals surface area contributed by atoms with Crippen molar-refractivity contribution in [1.82, 2.24) is 9.62 Å². The average molecular weight is 310 g/mol. The lowest BCUT2D eigenvalue weighted by Crippen LogP contribution is -2.42. The molecule has 1 fully saturated rings. The summed E-state index contributed by atoms with van der Waals surface area (Å²) in [4.78, 5) is 14.5. The van der Waals surface area contributed by atoms with Crippen LogP contribution in [0.1, 0.15) is 43.5 Å². The molecule has 1 aromatic rings. The van der Waals surface area contributed by atoms with Crippen molar-refractivity contribution in [3.05, 3.63) is 29.8 Å². The van der Waals surface area contributed by atoms with E-state index in [1.807, 2.05) is 11.8 Å². The fraction of sp³-hybridized carbons (Fsp3) is 0.533. The molecule has 1 aliphatic rings. The highest BCUT2D eigenvalue weighted by molar-refractivity contribution is 7.89. The topological polar surface area (TPSA) is 66.5 Å². The van der Waals surface area contributed by atoms with Crippen molar-refractivity contribution in [2.45, 2.75) is 44.0 Å². The number of hydrogen-bond donors (Lipinski definition) is 1. The molecule has 21 heavy (non-hydrogen) atoms. The van der Waals surface area contributed by atoms with Crippen LogP contribution in [-0.2, 0) is 10.0 Å². The molecule has 1 saturated heterocycles. The molecule has 1 aromatic carbocycles. The number of sulfonamides is 1. The Hall–Kier alpha value is -1.40. The van der Waals surface area contributed by atoms with Gasteiger partial charge in [0.1, 0.15) is 0 Å². The van der Waals surface area contributed by atoms with Gasteiger partial charge >= 0.3 is 0 Å². The van der Waals surface area contributed by atoms with E-state index in [1.54, 1.807) is 19.1 Å². The first kappa shape index (κ1) is 16.0. The standard InChI is InChI=1S/C15H22N2O3S/c1-3-16-21(19,20)14-9-6-8-13(11-14)15(18)17-10-5-4-7-12(17)2/h6,8-9,11-12,16H,3-5,7,10H2,1-2H3/t12-/m0/s1. The van der Waals surface area contributed by atoms with E-state index in [2.05, 4.69) is 4.72 Å². The monoisotopic (exact) mass is 310 g/mol. The van der Waals surface area contributed by atoms with Gasteiger partial charge in [0.2, 0.25) is 10.0 Å². The molecule has 0 aromatic heterocycles. The van der Waals surface area contributed by atoms with Crippen LogP contribution in [0.25, 0.3) is 0 Å². The minimum atomic E-state index is -3.53. The van der Waals surface area contributed by atoms with Crippen LogP contribution in [0.2, 0.25) is 0 Å². The van der Waals surface area contributed by atoms with Crippen LogP contribution >= 0.6 is 0 Å². The van der Waals surface area contributed by atoms with Crippen LogP contribution in [0.3, 0.4) is 0 Å². The van der Waals surface area contributed by atoms with Gasteiger partial charge in [-0.1, -0.05) is 13.0 Å². The van der Waals surface area contributed by atoms with E-state index in [0.29, 0.717) is 12.1 Å². The van der Waals surface area contributed by atoms with Gasteiger partial charge in [0, 0.05) is 24.7 Å². The van der Waals surface area contributed by atoms with Gasteiger partial charge in [-0.2, -0.15) is 0 Å². The smallest absolute Gasteiger partial charge is 0.254 e. The predicted octanol–water partition coefficient (Wildman–Crippen LogP) is 2.00. The minimum absolute atomic E-state index is 0.0873. The molecule has 116 valence electrons. The molecule has 1 heterocycles. The van der Waals surface area contributed by atoms with Gasteiger partial charge in [-0.05, 0) is 44.4 Å². The number of rotatable bonds is 4. The molecule has 1 atom stereocenters. The average Bonchev–Trinajstić information content (AvgIpc) is 2.47. The van der Waals surface area contributed by atoms with E-state index in [4.69, 9.17) is 0 Å². The molecule has 0 saturated carbocycles. The maximum atomic E-state index is 12.6. The van der Waals surface area contributed by atoms with Gasteiger partial charge in [0.05, 0.1) is 4.90 Å². The fourth-order valence-corrected chi connectivity index (χ4v) is 3.72. The van der Waals surface area contributed by atoms with Crippen molar-refractivity contribution in [3.63, 3.8) is 0 Å². The number of carbonyl (C=O) groups is 1. The SMILES string of the molecule is CCNS(=O)(=O)c1cccc(C(=O)N2CCCC[C@@H]2C)c1. The molecule has 0 aliphatic carbocycles. The molecule has 5 nitrogen and oxygen atoms in total. The van der Waals surface area contributed by atoms with Gasteiger partial charge < -0.3 is 4.90 Å². The lowest BCUT2D eigenvalue weighted by molar-refractivity contribution is 0.0635. The van der Waals surface area contributed by atoms with Crippen LogP contribution in [0, 0.1) is 0 Å². The molecule has 1 aliphatic heterocycles. The highest BCUT2D eigenvalue weighted by atomic mass is 32.2. The van der Waals surface area contributed by atoms with Crippen LogP contribution in [-0.4, -0.2) is 38.4 Å². The van der Waals surface area contributed by atoms with E-state index < -0.39 is 10.0 Å². The molecule has 0 spiro atoms. The highest BCUT2D eigenvalue weighted by Crippen LogP contribution is 2.20. The second-order valence-corrected chi connectivity index (χ2v) is 7.14. The number of nitrogens with one attached hydrogen (secondary N) is 1. The number of benzene rings is 1. The summed E-state index contributed by atoms with van der Waals surface area (Å²) in [5.41, 5.74) is 0.433. The van der Waals surface area contributed by atoms with Crippen molar-refractivity contribution in [2.75, 3.05) is 13.1 Å². The Bertz CT molecular complexity index is 613. The van der Waals surface area contributed by atoms with E-state index in [-0.39, 0.29) is 16.8 Å². The fourth-order valence-electron chi connectivity index (χ4n) is 2.64. The van der Waals surface area contributed by atoms with Crippen molar-refractivity contribution < 1.29 is 13.2 Å². The molecule has 0 bridgehead atoms. The maximum absolute atomic E-state index is 12.6. The summed E-state index contributed by atoms with van der Waals surface area (Å²) in [6.45, 7) is 4.83. The Balaban J connectivity index is 2.26. The summed E-state index contributed by atoms with van der Waals surface area (Å²) < 4.78 is 26.5. The first-order valence-electron chi connectivity index (χ1n) is 7.36. The van der Waals surface area contributed by atoms with Crippen LogP contribution < -0.4 is 4.72 Å². The zero-order valence-electron chi connectivity index (χ0n) is 12.5. The number of carbonyl (C=O) groups excluding carboxylic acids is 1. The molecular formula is C15H22N2O3S. The molecule has 0 radical (unpaired) electrons. The normalized spacial score (nSPS) is 19.5. The number of hydrogen-bond acceptors (Lipinski definition) is 3. The first-order valence-corrected chi connectivity index (χ1v) is 8.84. The predicted molar refractivity (Wildman–Crippen MR) is 81.7 cm³/mol. The quantitative estimate of drug-likeness (QED) is 0.925. The minimum Gasteiger partial charge on any atom is -0.336 e. The Morgan fingerprint density at radius 2 is 2.14 bits per heavy atom. The van der Waals surface area contributed by atoms with E-state index >= 15 is 0 Å². The van der Waals surface area contributed by atoms with Crippen molar-refractivity contribution in [2.24, 2.45) is 0 Å². The Morgan fingerprint density at radius 1 is 1.38 bits per heavy atom. The molecule has 2 rings (SSSR count). The van der Waals surface area contributed by atoms with Crippen LogP contribution in [0.4, 0.5) is 0 Å². The molecule has 6 heteroatoms. The lowest BCUT2D eigenvalue weighted by atomic mass is 10.0. The van der Waals surface area contributed by atoms with Gasteiger partial charge in [-0.25, -0.2) is 13.1 Å². The van der Waals surface area contributed by atoms with Crippen molar-refractivity contribution >= 4 is 15.9 Å². The molecule has 0 unspecified atom stereocenters. The lowest BCUT2D eigenvalue weighted by Gasteiger charge is -2.33. The zero-order valence-corrected chi connectivity index (χ0v) is 13.3. The third kappa shape index (κ3) is 3.63. The summed E-state index contributed by atoms with van der Waals surface area (Å²) in [5, 5.41) is 0. The third-order valence-corrected chi connectivity index (χ3v) is 5.33. The third-order valence-electron chi connectivity index (χ3n) is 3.79. The van der Waals surface area contributed by atoms with Crippen molar-refractivity contribution in [3.8, 4) is 0 Å².